The Morgan fingerprint density at radius 2 is 1.87 bits per heavy atom. The monoisotopic (exact) mass is 517 g/mol. The Morgan fingerprint density at radius 1 is 1.13 bits per heavy atom. The highest BCUT2D eigenvalue weighted by Gasteiger charge is 2.34. The average molecular weight is 518 g/mol. The molecule has 38 heavy (non-hydrogen) atoms. The van der Waals surface area contributed by atoms with Gasteiger partial charge in [0.25, 0.3) is 5.91 Å². The SMILES string of the molecule is CNc1cc(C)c(C(=O)N2C[C@H](C)N(Cc3coc(C)n3)C[C@H]2C)cc1C(=N)c1ccnc(C(C)(C)C)n1. The Kier molecular flexibility index (Phi) is 7.69. The molecule has 0 unspecified atom stereocenters. The first-order chi connectivity index (χ1) is 17.9. The van der Waals surface area contributed by atoms with Crippen LogP contribution in [0, 0.1) is 19.3 Å². The van der Waals surface area contributed by atoms with Crippen molar-refractivity contribution in [3.05, 3.63) is 70.5 Å². The largest absolute Gasteiger partial charge is 0.449 e. The highest BCUT2D eigenvalue weighted by Crippen LogP contribution is 2.27. The van der Waals surface area contributed by atoms with Crippen molar-refractivity contribution >= 4 is 17.3 Å². The molecule has 1 aromatic carbocycles. The van der Waals surface area contributed by atoms with Gasteiger partial charge in [-0.15, -0.1) is 0 Å². The number of anilines is 1. The molecule has 1 aliphatic rings. The summed E-state index contributed by atoms with van der Waals surface area (Å²) >= 11 is 0. The third-order valence-electron chi connectivity index (χ3n) is 7.12. The van der Waals surface area contributed by atoms with Gasteiger partial charge in [-0.25, -0.2) is 15.0 Å². The lowest BCUT2D eigenvalue weighted by molar-refractivity contribution is 0.0286. The minimum absolute atomic E-state index is 0.0199. The van der Waals surface area contributed by atoms with Gasteiger partial charge in [-0.2, -0.15) is 0 Å². The molecule has 1 saturated heterocycles. The molecule has 2 N–H and O–H groups in total. The molecule has 3 aromatic rings. The molecule has 2 aromatic heterocycles. The fourth-order valence-corrected chi connectivity index (χ4v) is 4.89. The summed E-state index contributed by atoms with van der Waals surface area (Å²) in [4.78, 5) is 31.7. The van der Waals surface area contributed by atoms with E-state index in [0.29, 0.717) is 41.6 Å². The first kappa shape index (κ1) is 27.4. The number of benzene rings is 1. The number of nitrogens with one attached hydrogen (secondary N) is 2. The van der Waals surface area contributed by atoms with E-state index in [9.17, 15) is 4.79 Å². The minimum atomic E-state index is -0.238. The van der Waals surface area contributed by atoms with E-state index in [-0.39, 0.29) is 29.1 Å². The van der Waals surface area contributed by atoms with Crippen LogP contribution in [0.4, 0.5) is 5.69 Å². The number of hydrogen-bond acceptors (Lipinski definition) is 8. The predicted octanol–water partition coefficient (Wildman–Crippen LogP) is 4.57. The second-order valence-electron chi connectivity index (χ2n) is 11.3. The zero-order chi connectivity index (χ0) is 27.8. The molecule has 0 aliphatic carbocycles. The number of aryl methyl sites for hydroxylation is 2. The van der Waals surface area contributed by atoms with Gasteiger partial charge >= 0.3 is 0 Å². The van der Waals surface area contributed by atoms with Crippen molar-refractivity contribution in [2.45, 2.75) is 72.5 Å². The molecule has 2 atom stereocenters. The van der Waals surface area contributed by atoms with Crippen LogP contribution < -0.4 is 5.32 Å². The van der Waals surface area contributed by atoms with E-state index >= 15 is 0 Å². The van der Waals surface area contributed by atoms with Crippen molar-refractivity contribution in [3.8, 4) is 0 Å². The van der Waals surface area contributed by atoms with Crippen molar-refractivity contribution in [3.63, 3.8) is 0 Å². The van der Waals surface area contributed by atoms with Crippen LogP contribution in [0.1, 0.15) is 79.2 Å². The fraction of sp³-hybridized carbons (Fsp3) is 0.483. The standard InChI is InChI=1S/C29H39N7O2/c1-17-11-25(31-8)23(26(30)24-9-10-32-28(34-24)29(5,6)7)12-22(17)27(37)36-14-18(2)35(13-19(36)3)15-21-16-38-20(4)33-21/h9-12,16,18-19,30-31H,13-15H2,1-8H3/t18-,19+/m0/s1. The first-order valence-electron chi connectivity index (χ1n) is 13.1. The summed E-state index contributed by atoms with van der Waals surface area (Å²) in [6.07, 6.45) is 3.40. The molecule has 1 fully saturated rings. The maximum absolute atomic E-state index is 13.9. The minimum Gasteiger partial charge on any atom is -0.449 e. The highest BCUT2D eigenvalue weighted by molar-refractivity contribution is 6.14. The lowest BCUT2D eigenvalue weighted by atomic mass is 9.94. The van der Waals surface area contributed by atoms with E-state index in [1.165, 1.54) is 0 Å². The summed E-state index contributed by atoms with van der Waals surface area (Å²) in [5.41, 5.74) is 4.35. The van der Waals surface area contributed by atoms with Crippen LogP contribution in [-0.2, 0) is 12.0 Å². The van der Waals surface area contributed by atoms with Gasteiger partial charge in [-0.3, -0.25) is 15.1 Å². The van der Waals surface area contributed by atoms with Crippen LogP contribution in [0.2, 0.25) is 0 Å². The van der Waals surface area contributed by atoms with E-state index in [4.69, 9.17) is 9.83 Å². The third kappa shape index (κ3) is 5.62. The number of nitrogens with zero attached hydrogens (tertiary/aromatic N) is 5. The maximum atomic E-state index is 13.9. The zero-order valence-corrected chi connectivity index (χ0v) is 23.7. The summed E-state index contributed by atoms with van der Waals surface area (Å²) < 4.78 is 5.37. The smallest absolute Gasteiger partial charge is 0.254 e. The lowest BCUT2D eigenvalue weighted by Gasteiger charge is -2.44. The van der Waals surface area contributed by atoms with Gasteiger partial charge in [0.2, 0.25) is 0 Å². The Balaban J connectivity index is 1.61. The normalized spacial score (nSPS) is 18.5. The maximum Gasteiger partial charge on any atom is 0.254 e. The lowest BCUT2D eigenvalue weighted by Crippen LogP contribution is -2.57. The summed E-state index contributed by atoms with van der Waals surface area (Å²) in [5.74, 6) is 1.32. The molecule has 0 saturated carbocycles. The van der Waals surface area contributed by atoms with Gasteiger partial charge in [0.05, 0.1) is 17.1 Å². The number of amides is 1. The second kappa shape index (κ2) is 10.6. The third-order valence-corrected chi connectivity index (χ3v) is 7.12. The van der Waals surface area contributed by atoms with Gasteiger partial charge in [-0.1, -0.05) is 20.8 Å². The van der Waals surface area contributed by atoms with Gasteiger partial charge in [0, 0.05) is 74.1 Å². The Labute approximate surface area is 225 Å². The Hall–Kier alpha value is -3.59. The molecule has 0 bridgehead atoms. The number of hydrogen-bond donors (Lipinski definition) is 2. The quantitative estimate of drug-likeness (QED) is 0.461. The molecule has 1 amide bonds. The Bertz CT molecular complexity index is 1340. The highest BCUT2D eigenvalue weighted by atomic mass is 16.3. The van der Waals surface area contributed by atoms with Crippen LogP contribution in [0.25, 0.3) is 0 Å². The average Bonchev–Trinajstić information content (AvgIpc) is 3.28. The molecule has 0 radical (unpaired) electrons. The molecule has 9 heteroatoms. The van der Waals surface area contributed by atoms with Crippen LogP contribution in [0.3, 0.4) is 0 Å². The molecular weight excluding hydrogens is 478 g/mol. The summed E-state index contributed by atoms with van der Waals surface area (Å²) in [7, 11) is 1.83. The zero-order valence-electron chi connectivity index (χ0n) is 23.7. The van der Waals surface area contributed by atoms with E-state index in [1.807, 2.05) is 58.7 Å². The number of carbonyl (C=O) groups excluding carboxylic acids is 1. The van der Waals surface area contributed by atoms with Crippen LogP contribution in [-0.4, -0.2) is 68.6 Å². The van der Waals surface area contributed by atoms with Crippen LogP contribution in [0.15, 0.2) is 35.1 Å². The van der Waals surface area contributed by atoms with E-state index in [2.05, 4.69) is 39.0 Å². The molecule has 9 nitrogen and oxygen atoms in total. The first-order valence-corrected chi connectivity index (χ1v) is 13.1. The van der Waals surface area contributed by atoms with Gasteiger partial charge < -0.3 is 14.6 Å². The summed E-state index contributed by atoms with van der Waals surface area (Å²) in [6, 6.07) is 5.72. The van der Waals surface area contributed by atoms with Crippen LogP contribution >= 0.6 is 0 Å². The molecule has 202 valence electrons. The van der Waals surface area contributed by atoms with Crippen molar-refractivity contribution in [2.75, 3.05) is 25.5 Å². The fourth-order valence-electron chi connectivity index (χ4n) is 4.89. The van der Waals surface area contributed by atoms with Crippen molar-refractivity contribution < 1.29 is 9.21 Å². The van der Waals surface area contributed by atoms with Gasteiger partial charge in [-0.05, 0) is 44.5 Å². The van der Waals surface area contributed by atoms with E-state index < -0.39 is 0 Å². The number of piperazine rings is 1. The van der Waals surface area contributed by atoms with Crippen molar-refractivity contribution in [1.29, 1.82) is 5.41 Å². The topological polar surface area (TPSA) is 111 Å². The van der Waals surface area contributed by atoms with E-state index in [1.54, 1.807) is 18.5 Å². The second-order valence-corrected chi connectivity index (χ2v) is 11.3. The van der Waals surface area contributed by atoms with Gasteiger partial charge in [0.1, 0.15) is 12.1 Å². The number of carbonyl (C=O) groups is 1. The van der Waals surface area contributed by atoms with Gasteiger partial charge in [0.15, 0.2) is 5.89 Å². The number of aromatic nitrogens is 3. The number of rotatable bonds is 6. The molecule has 3 heterocycles. The van der Waals surface area contributed by atoms with Crippen LogP contribution in [0.5, 0.6) is 0 Å². The van der Waals surface area contributed by atoms with E-state index in [0.717, 1.165) is 23.5 Å². The molecule has 4 rings (SSSR count). The predicted molar refractivity (Wildman–Crippen MR) is 149 cm³/mol. The molecular formula is C29H39N7O2. The number of oxazole rings is 1. The van der Waals surface area contributed by atoms with Crippen molar-refractivity contribution in [2.24, 2.45) is 0 Å². The summed E-state index contributed by atoms with van der Waals surface area (Å²) in [6.45, 7) is 16.2. The summed E-state index contributed by atoms with van der Waals surface area (Å²) in [5, 5.41) is 12.2. The Morgan fingerprint density at radius 3 is 2.50 bits per heavy atom. The molecule has 1 aliphatic heterocycles. The molecule has 0 spiro atoms. The van der Waals surface area contributed by atoms with Crippen molar-refractivity contribution in [1.82, 2.24) is 24.8 Å².